The van der Waals surface area contributed by atoms with Crippen molar-refractivity contribution in [1.82, 2.24) is 0 Å². The van der Waals surface area contributed by atoms with Crippen molar-refractivity contribution in [3.05, 3.63) is 64.7 Å². The van der Waals surface area contributed by atoms with Gasteiger partial charge in [0.2, 0.25) is 0 Å². The SMILES string of the molecule is Cc1cc(C#CCN)ccc1OCc1cc(F)cc(F)c1. The lowest BCUT2D eigenvalue weighted by Crippen LogP contribution is -1.99. The largest absolute Gasteiger partial charge is 0.489 e. The van der Waals surface area contributed by atoms with Crippen molar-refractivity contribution in [3.8, 4) is 17.6 Å². The summed E-state index contributed by atoms with van der Waals surface area (Å²) in [6.07, 6.45) is 0. The van der Waals surface area contributed by atoms with Gasteiger partial charge in [-0.25, -0.2) is 8.78 Å². The lowest BCUT2D eigenvalue weighted by Gasteiger charge is -2.09. The van der Waals surface area contributed by atoms with Gasteiger partial charge < -0.3 is 10.5 Å². The maximum atomic E-state index is 13.1. The lowest BCUT2D eigenvalue weighted by molar-refractivity contribution is 0.302. The fraction of sp³-hybridized carbons (Fsp3) is 0.176. The average molecular weight is 287 g/mol. The van der Waals surface area contributed by atoms with Gasteiger partial charge in [-0.1, -0.05) is 11.8 Å². The maximum absolute atomic E-state index is 13.1. The molecule has 0 aliphatic carbocycles. The molecule has 2 N–H and O–H groups in total. The molecule has 2 nitrogen and oxygen atoms in total. The highest BCUT2D eigenvalue weighted by Gasteiger charge is 2.04. The molecule has 0 aromatic heterocycles. The van der Waals surface area contributed by atoms with E-state index < -0.39 is 11.6 Å². The minimum absolute atomic E-state index is 0.101. The van der Waals surface area contributed by atoms with E-state index in [4.69, 9.17) is 10.5 Å². The Morgan fingerprint density at radius 1 is 1.10 bits per heavy atom. The van der Waals surface area contributed by atoms with Crippen molar-refractivity contribution in [1.29, 1.82) is 0 Å². The van der Waals surface area contributed by atoms with E-state index in [1.54, 1.807) is 6.07 Å². The molecule has 0 atom stereocenters. The van der Waals surface area contributed by atoms with Gasteiger partial charge in [-0.15, -0.1) is 0 Å². The average Bonchev–Trinajstić information content (AvgIpc) is 2.43. The summed E-state index contributed by atoms with van der Waals surface area (Å²) >= 11 is 0. The molecule has 0 heterocycles. The van der Waals surface area contributed by atoms with Crippen molar-refractivity contribution in [2.24, 2.45) is 5.73 Å². The summed E-state index contributed by atoms with van der Waals surface area (Å²) in [5.41, 5.74) is 7.51. The molecular weight excluding hydrogens is 272 g/mol. The van der Waals surface area contributed by atoms with E-state index in [2.05, 4.69) is 11.8 Å². The number of hydrogen-bond acceptors (Lipinski definition) is 2. The van der Waals surface area contributed by atoms with E-state index in [-0.39, 0.29) is 6.61 Å². The second-order valence-electron chi connectivity index (χ2n) is 4.55. The van der Waals surface area contributed by atoms with Crippen molar-refractivity contribution < 1.29 is 13.5 Å². The van der Waals surface area contributed by atoms with Crippen LogP contribution in [0.15, 0.2) is 36.4 Å². The summed E-state index contributed by atoms with van der Waals surface area (Å²) in [7, 11) is 0. The molecule has 4 heteroatoms. The monoisotopic (exact) mass is 287 g/mol. The quantitative estimate of drug-likeness (QED) is 0.880. The molecule has 0 amide bonds. The van der Waals surface area contributed by atoms with Gasteiger partial charge in [0.25, 0.3) is 0 Å². The van der Waals surface area contributed by atoms with Crippen LogP contribution >= 0.6 is 0 Å². The molecule has 0 bridgehead atoms. The number of benzene rings is 2. The zero-order valence-electron chi connectivity index (χ0n) is 11.6. The van der Waals surface area contributed by atoms with E-state index in [0.29, 0.717) is 17.9 Å². The van der Waals surface area contributed by atoms with Crippen LogP contribution in [-0.4, -0.2) is 6.54 Å². The summed E-state index contributed by atoms with van der Waals surface area (Å²) in [4.78, 5) is 0. The molecule has 0 saturated heterocycles. The molecular formula is C17H15F2NO. The van der Waals surface area contributed by atoms with E-state index in [0.717, 1.165) is 17.2 Å². The van der Waals surface area contributed by atoms with E-state index in [1.807, 2.05) is 19.1 Å². The molecule has 2 aromatic carbocycles. The Morgan fingerprint density at radius 3 is 2.43 bits per heavy atom. The Labute approximate surface area is 122 Å². The highest BCUT2D eigenvalue weighted by molar-refractivity contribution is 5.43. The molecule has 0 aliphatic rings. The Hall–Kier alpha value is -2.38. The van der Waals surface area contributed by atoms with Crippen LogP contribution in [0.25, 0.3) is 0 Å². The predicted molar refractivity (Wildman–Crippen MR) is 77.8 cm³/mol. The third-order valence-corrected chi connectivity index (χ3v) is 2.83. The second kappa shape index (κ2) is 6.87. The van der Waals surface area contributed by atoms with Crippen LogP contribution in [0.1, 0.15) is 16.7 Å². The predicted octanol–water partition coefficient (Wildman–Crippen LogP) is 3.16. The number of halogens is 2. The molecule has 21 heavy (non-hydrogen) atoms. The Balaban J connectivity index is 2.09. The lowest BCUT2D eigenvalue weighted by atomic mass is 10.1. The summed E-state index contributed by atoms with van der Waals surface area (Å²) in [5, 5.41) is 0. The Morgan fingerprint density at radius 2 is 1.81 bits per heavy atom. The van der Waals surface area contributed by atoms with Crippen molar-refractivity contribution in [2.45, 2.75) is 13.5 Å². The number of aryl methyl sites for hydroxylation is 1. The van der Waals surface area contributed by atoms with Crippen LogP contribution in [0.4, 0.5) is 8.78 Å². The van der Waals surface area contributed by atoms with Gasteiger partial charge in [0, 0.05) is 11.6 Å². The molecule has 0 fully saturated rings. The molecule has 0 radical (unpaired) electrons. The number of ether oxygens (including phenoxy) is 1. The highest BCUT2D eigenvalue weighted by Crippen LogP contribution is 2.20. The van der Waals surface area contributed by atoms with Crippen LogP contribution in [-0.2, 0) is 6.61 Å². The van der Waals surface area contributed by atoms with Gasteiger partial charge in [0.05, 0.1) is 6.54 Å². The van der Waals surface area contributed by atoms with Gasteiger partial charge >= 0.3 is 0 Å². The first-order chi connectivity index (χ1) is 10.1. The van der Waals surface area contributed by atoms with Crippen molar-refractivity contribution >= 4 is 0 Å². The second-order valence-corrected chi connectivity index (χ2v) is 4.55. The zero-order chi connectivity index (χ0) is 15.2. The fourth-order valence-electron chi connectivity index (χ4n) is 1.90. The Kier molecular flexibility index (Phi) is 4.91. The molecule has 0 spiro atoms. The van der Waals surface area contributed by atoms with Gasteiger partial charge in [-0.3, -0.25) is 0 Å². The Bertz CT molecular complexity index is 681. The van der Waals surface area contributed by atoms with Crippen LogP contribution in [0.3, 0.4) is 0 Å². The summed E-state index contributed by atoms with van der Waals surface area (Å²) in [6.45, 7) is 2.29. The smallest absolute Gasteiger partial charge is 0.126 e. The molecule has 0 aliphatic heterocycles. The molecule has 108 valence electrons. The van der Waals surface area contributed by atoms with Gasteiger partial charge in [-0.2, -0.15) is 0 Å². The fourth-order valence-corrected chi connectivity index (χ4v) is 1.90. The molecule has 0 saturated carbocycles. The normalized spacial score (nSPS) is 9.90. The van der Waals surface area contributed by atoms with Crippen molar-refractivity contribution in [3.63, 3.8) is 0 Å². The zero-order valence-corrected chi connectivity index (χ0v) is 11.6. The standard InChI is InChI=1S/C17H15F2NO/c1-12-7-13(3-2-6-20)4-5-17(12)21-11-14-8-15(18)10-16(19)9-14/h4-5,7-10H,6,11,20H2,1H3. The number of hydrogen-bond donors (Lipinski definition) is 1. The molecule has 2 rings (SSSR count). The highest BCUT2D eigenvalue weighted by atomic mass is 19.1. The third-order valence-electron chi connectivity index (χ3n) is 2.83. The van der Waals surface area contributed by atoms with Crippen molar-refractivity contribution in [2.75, 3.05) is 6.54 Å². The third kappa shape index (κ3) is 4.30. The van der Waals surface area contributed by atoms with Crippen LogP contribution in [0, 0.1) is 30.4 Å². The van der Waals surface area contributed by atoms with E-state index in [1.165, 1.54) is 12.1 Å². The van der Waals surface area contributed by atoms with Crippen LogP contribution in [0.2, 0.25) is 0 Å². The summed E-state index contributed by atoms with van der Waals surface area (Å²) in [6, 6.07) is 8.81. The van der Waals surface area contributed by atoms with Gasteiger partial charge in [-0.05, 0) is 48.4 Å². The first-order valence-corrected chi connectivity index (χ1v) is 6.46. The van der Waals surface area contributed by atoms with Crippen LogP contribution < -0.4 is 10.5 Å². The maximum Gasteiger partial charge on any atom is 0.126 e. The number of nitrogens with two attached hydrogens (primary N) is 1. The minimum Gasteiger partial charge on any atom is -0.489 e. The summed E-state index contributed by atoms with van der Waals surface area (Å²) in [5.74, 6) is 5.13. The first kappa shape index (κ1) is 15.0. The molecule has 0 unspecified atom stereocenters. The van der Waals surface area contributed by atoms with E-state index in [9.17, 15) is 8.78 Å². The van der Waals surface area contributed by atoms with Crippen LogP contribution in [0.5, 0.6) is 5.75 Å². The van der Waals surface area contributed by atoms with Gasteiger partial charge in [0.15, 0.2) is 0 Å². The topological polar surface area (TPSA) is 35.2 Å². The minimum atomic E-state index is -0.613. The number of rotatable bonds is 3. The van der Waals surface area contributed by atoms with E-state index >= 15 is 0 Å². The first-order valence-electron chi connectivity index (χ1n) is 6.46. The molecule has 2 aromatic rings. The van der Waals surface area contributed by atoms with Gasteiger partial charge in [0.1, 0.15) is 24.0 Å². The summed E-state index contributed by atoms with van der Waals surface area (Å²) < 4.78 is 31.8.